The van der Waals surface area contributed by atoms with Crippen LogP contribution in [0.25, 0.3) is 6.08 Å². The molecule has 0 N–H and O–H groups in total. The van der Waals surface area contributed by atoms with Gasteiger partial charge < -0.3 is 9.05 Å². The molecule has 0 amide bonds. The molecule has 0 unspecified atom stereocenters. The molecule has 19 heavy (non-hydrogen) atoms. The minimum absolute atomic E-state index is 0.373. The first-order valence-electron chi connectivity index (χ1n) is 6.86. The van der Waals surface area contributed by atoms with E-state index in [1.54, 1.807) is 0 Å². The Hall–Kier alpha value is -0.890. The van der Waals surface area contributed by atoms with E-state index in [-0.39, 0.29) is 0 Å². The van der Waals surface area contributed by atoms with E-state index in [0.717, 1.165) is 5.56 Å². The maximum absolute atomic E-state index is 12.8. The van der Waals surface area contributed by atoms with E-state index in [1.165, 1.54) is 12.8 Å². The molecule has 1 saturated carbocycles. The molecule has 3 nitrogen and oxygen atoms in total. The van der Waals surface area contributed by atoms with E-state index >= 15 is 0 Å². The van der Waals surface area contributed by atoms with Crippen molar-refractivity contribution in [1.82, 2.24) is 0 Å². The fraction of sp³-hybridized carbons (Fsp3) is 0.467. The molecule has 104 valence electrons. The Morgan fingerprint density at radius 1 is 1.21 bits per heavy atom. The van der Waals surface area contributed by atoms with Crippen molar-refractivity contribution in [2.45, 2.75) is 26.7 Å². The second kappa shape index (κ2) is 6.51. The van der Waals surface area contributed by atoms with Crippen LogP contribution in [0.3, 0.4) is 0 Å². The van der Waals surface area contributed by atoms with E-state index in [1.807, 2.05) is 44.2 Å². The highest BCUT2D eigenvalue weighted by Crippen LogP contribution is 2.47. The van der Waals surface area contributed by atoms with Crippen LogP contribution in [-0.4, -0.2) is 13.2 Å². The van der Waals surface area contributed by atoms with Gasteiger partial charge in [-0.3, -0.25) is 4.57 Å². The molecule has 1 aliphatic carbocycles. The Morgan fingerprint density at radius 2 is 1.84 bits per heavy atom. The number of allylic oxidation sites excluding steroid dienone is 1. The first kappa shape index (κ1) is 14.5. The summed E-state index contributed by atoms with van der Waals surface area (Å²) in [6.45, 7) is 4.40. The van der Waals surface area contributed by atoms with Gasteiger partial charge in [-0.1, -0.05) is 30.4 Å². The van der Waals surface area contributed by atoms with Crippen molar-refractivity contribution < 1.29 is 13.6 Å². The van der Waals surface area contributed by atoms with Gasteiger partial charge in [0.05, 0.1) is 18.5 Å². The van der Waals surface area contributed by atoms with Crippen molar-refractivity contribution in [3.05, 3.63) is 35.9 Å². The molecule has 1 aromatic rings. The topological polar surface area (TPSA) is 35.5 Å². The highest BCUT2D eigenvalue weighted by Gasteiger charge is 2.28. The minimum Gasteiger partial charge on any atom is -0.305 e. The molecule has 0 atom stereocenters. The molecule has 0 radical (unpaired) electrons. The van der Waals surface area contributed by atoms with Gasteiger partial charge in [-0.25, -0.2) is 0 Å². The first-order chi connectivity index (χ1) is 9.19. The van der Waals surface area contributed by atoms with Crippen molar-refractivity contribution >= 4 is 19.0 Å². The Bertz CT molecular complexity index is 482. The highest BCUT2D eigenvalue weighted by atomic mass is 31.2. The van der Waals surface area contributed by atoms with Gasteiger partial charge in [-0.15, -0.1) is 0 Å². The average Bonchev–Trinajstić information content (AvgIpc) is 3.21. The van der Waals surface area contributed by atoms with Gasteiger partial charge in [0.15, 0.2) is 0 Å². The summed E-state index contributed by atoms with van der Waals surface area (Å²) in [4.78, 5) is 0. The molecule has 0 heterocycles. The molecule has 0 spiro atoms. The molecular weight excluding hydrogens is 259 g/mol. The molecular formula is C15H21O3P. The lowest BCUT2D eigenvalue weighted by atomic mass is 10.2. The quantitative estimate of drug-likeness (QED) is 0.708. The fourth-order valence-corrected chi connectivity index (χ4v) is 3.69. The summed E-state index contributed by atoms with van der Waals surface area (Å²) in [5, 5.41) is 0.663. The number of rotatable bonds is 7. The first-order valence-corrected chi connectivity index (χ1v) is 8.40. The van der Waals surface area contributed by atoms with Crippen LogP contribution in [0.5, 0.6) is 0 Å². The van der Waals surface area contributed by atoms with Gasteiger partial charge in [0.2, 0.25) is 0 Å². The largest absolute Gasteiger partial charge is 0.361 e. The van der Waals surface area contributed by atoms with Crippen LogP contribution in [-0.2, 0) is 13.6 Å². The SMILES string of the molecule is CCOP(=O)(OCC)c1ccccc1/C=C/C1CC1. The van der Waals surface area contributed by atoms with Gasteiger partial charge in [0, 0.05) is 0 Å². The van der Waals surface area contributed by atoms with Crippen LogP contribution in [0.1, 0.15) is 32.3 Å². The van der Waals surface area contributed by atoms with Crippen LogP contribution in [0, 0.1) is 5.92 Å². The smallest absolute Gasteiger partial charge is 0.305 e. The third-order valence-corrected chi connectivity index (χ3v) is 5.19. The molecule has 1 aliphatic rings. The summed E-state index contributed by atoms with van der Waals surface area (Å²) in [5.74, 6) is 0.687. The zero-order valence-corrected chi connectivity index (χ0v) is 12.4. The molecule has 1 fully saturated rings. The molecule has 0 aromatic heterocycles. The fourth-order valence-electron chi connectivity index (χ4n) is 1.92. The maximum Gasteiger partial charge on any atom is 0.361 e. The van der Waals surface area contributed by atoms with E-state index < -0.39 is 7.60 Å². The van der Waals surface area contributed by atoms with Crippen molar-refractivity contribution in [3.8, 4) is 0 Å². The normalized spacial score (nSPS) is 16.1. The molecule has 0 aliphatic heterocycles. The lowest BCUT2D eigenvalue weighted by Gasteiger charge is -2.18. The van der Waals surface area contributed by atoms with Gasteiger partial charge in [0.25, 0.3) is 0 Å². The summed E-state index contributed by atoms with van der Waals surface area (Å²) in [5.41, 5.74) is 0.930. The second-order valence-corrected chi connectivity index (χ2v) is 6.58. The summed E-state index contributed by atoms with van der Waals surface area (Å²) >= 11 is 0. The Balaban J connectivity index is 2.32. The zero-order chi connectivity index (χ0) is 13.7. The van der Waals surface area contributed by atoms with E-state index in [2.05, 4.69) is 6.08 Å². The third-order valence-electron chi connectivity index (χ3n) is 3.00. The zero-order valence-electron chi connectivity index (χ0n) is 11.5. The second-order valence-electron chi connectivity index (χ2n) is 4.59. The van der Waals surface area contributed by atoms with Crippen molar-refractivity contribution in [1.29, 1.82) is 0 Å². The van der Waals surface area contributed by atoms with E-state index in [0.29, 0.717) is 24.4 Å². The molecule has 0 saturated heterocycles. The van der Waals surface area contributed by atoms with Crippen LogP contribution >= 0.6 is 7.60 Å². The standard InChI is InChI=1S/C15H21O3P/c1-3-17-19(16,18-4-2)15-8-6-5-7-14(15)12-11-13-9-10-13/h5-8,11-13H,3-4,9-10H2,1-2H3/b12-11+. The van der Waals surface area contributed by atoms with Crippen LogP contribution in [0.2, 0.25) is 0 Å². The van der Waals surface area contributed by atoms with Gasteiger partial charge in [-0.05, 0) is 44.2 Å². The monoisotopic (exact) mass is 280 g/mol. The Labute approximate surface area is 115 Å². The van der Waals surface area contributed by atoms with Gasteiger partial charge in [-0.2, -0.15) is 0 Å². The summed E-state index contributed by atoms with van der Waals surface area (Å²) in [6.07, 6.45) is 6.74. The molecule has 1 aromatic carbocycles. The highest BCUT2D eigenvalue weighted by molar-refractivity contribution is 7.62. The minimum atomic E-state index is -3.20. The number of hydrogen-bond acceptors (Lipinski definition) is 3. The third kappa shape index (κ3) is 3.79. The molecule has 4 heteroatoms. The van der Waals surface area contributed by atoms with Crippen LogP contribution in [0.4, 0.5) is 0 Å². The van der Waals surface area contributed by atoms with E-state index in [9.17, 15) is 4.57 Å². The van der Waals surface area contributed by atoms with Crippen LogP contribution < -0.4 is 5.30 Å². The molecule has 0 bridgehead atoms. The Kier molecular flexibility index (Phi) is 4.98. The predicted molar refractivity (Wildman–Crippen MR) is 78.7 cm³/mol. The lowest BCUT2D eigenvalue weighted by molar-refractivity contribution is 0.230. The maximum atomic E-state index is 12.8. The Morgan fingerprint density at radius 3 is 2.42 bits per heavy atom. The van der Waals surface area contributed by atoms with Crippen molar-refractivity contribution in [2.24, 2.45) is 5.92 Å². The average molecular weight is 280 g/mol. The molecule has 2 rings (SSSR count). The van der Waals surface area contributed by atoms with Gasteiger partial charge in [0.1, 0.15) is 0 Å². The lowest BCUT2D eigenvalue weighted by Crippen LogP contribution is -2.13. The number of hydrogen-bond donors (Lipinski definition) is 0. The van der Waals surface area contributed by atoms with E-state index in [4.69, 9.17) is 9.05 Å². The summed E-state index contributed by atoms with van der Waals surface area (Å²) < 4.78 is 23.7. The van der Waals surface area contributed by atoms with Crippen molar-refractivity contribution in [3.63, 3.8) is 0 Å². The van der Waals surface area contributed by atoms with Gasteiger partial charge >= 0.3 is 7.60 Å². The summed E-state index contributed by atoms with van der Waals surface area (Å²) in [7, 11) is -3.20. The van der Waals surface area contributed by atoms with Crippen molar-refractivity contribution in [2.75, 3.05) is 13.2 Å². The van der Waals surface area contributed by atoms with Crippen LogP contribution in [0.15, 0.2) is 30.3 Å². The number of benzene rings is 1. The summed E-state index contributed by atoms with van der Waals surface area (Å²) in [6, 6.07) is 7.60. The predicted octanol–water partition coefficient (Wildman–Crippen LogP) is 4.00.